The second-order valence-corrected chi connectivity index (χ2v) is 8.17. The molecule has 3 aromatic rings. The summed E-state index contributed by atoms with van der Waals surface area (Å²) >= 11 is 0. The Kier molecular flexibility index (Phi) is 6.99. The van der Waals surface area contributed by atoms with Crippen molar-refractivity contribution in [3.63, 3.8) is 0 Å². The molecule has 0 bridgehead atoms. The highest BCUT2D eigenvalue weighted by molar-refractivity contribution is 5.76. The Bertz CT molecular complexity index is 920. The van der Waals surface area contributed by atoms with Gasteiger partial charge in [0, 0.05) is 38.0 Å². The van der Waals surface area contributed by atoms with Crippen molar-refractivity contribution in [1.29, 1.82) is 0 Å². The second-order valence-electron chi connectivity index (χ2n) is 8.17. The third-order valence-corrected chi connectivity index (χ3v) is 5.76. The molecule has 0 aliphatic carbocycles. The van der Waals surface area contributed by atoms with E-state index in [1.54, 1.807) is 0 Å². The quantitative estimate of drug-likeness (QED) is 0.582. The van der Waals surface area contributed by atoms with Gasteiger partial charge in [0.1, 0.15) is 11.5 Å². The molecule has 4 nitrogen and oxygen atoms in total. The number of hydrogen-bond acceptors (Lipinski definition) is 3. The molecule has 1 N–H and O–H groups in total. The van der Waals surface area contributed by atoms with Gasteiger partial charge in [-0.3, -0.25) is 9.69 Å². The fourth-order valence-corrected chi connectivity index (χ4v) is 4.16. The number of likely N-dealkylation sites (tertiary alicyclic amines) is 1. The zero-order valence-electron chi connectivity index (χ0n) is 17.4. The molecule has 0 radical (unpaired) electrons. The number of amides is 1. The SMILES string of the molecule is O=C(CCc1ccc(-c2ccccc2)o1)NC[C@H]1CCCN(Cc2ccccc2)C1. The summed E-state index contributed by atoms with van der Waals surface area (Å²) in [5, 5.41) is 3.14. The molecule has 1 saturated heterocycles. The molecule has 1 fully saturated rings. The van der Waals surface area contributed by atoms with E-state index in [4.69, 9.17) is 4.42 Å². The minimum atomic E-state index is 0.104. The van der Waals surface area contributed by atoms with Crippen LogP contribution >= 0.6 is 0 Å². The Morgan fingerprint density at radius 3 is 2.57 bits per heavy atom. The molecule has 1 atom stereocenters. The number of piperidine rings is 1. The van der Waals surface area contributed by atoms with Gasteiger partial charge in [-0.25, -0.2) is 0 Å². The summed E-state index contributed by atoms with van der Waals surface area (Å²) in [6.45, 7) is 3.94. The highest BCUT2D eigenvalue weighted by Gasteiger charge is 2.20. The van der Waals surface area contributed by atoms with E-state index in [9.17, 15) is 4.79 Å². The summed E-state index contributed by atoms with van der Waals surface area (Å²) in [5.74, 6) is 2.34. The van der Waals surface area contributed by atoms with E-state index in [1.807, 2.05) is 42.5 Å². The van der Waals surface area contributed by atoms with E-state index in [0.717, 1.165) is 43.3 Å². The molecule has 1 aromatic heterocycles. The first-order valence-electron chi connectivity index (χ1n) is 10.9. The molecule has 1 amide bonds. The largest absolute Gasteiger partial charge is 0.461 e. The Hall–Kier alpha value is -2.85. The molecule has 0 unspecified atom stereocenters. The van der Waals surface area contributed by atoms with Crippen molar-refractivity contribution >= 4 is 5.91 Å². The Balaban J connectivity index is 1.19. The number of nitrogens with zero attached hydrogens (tertiary/aromatic N) is 1. The number of nitrogens with one attached hydrogen (secondary N) is 1. The van der Waals surface area contributed by atoms with Crippen molar-refractivity contribution in [2.45, 2.75) is 32.2 Å². The van der Waals surface area contributed by atoms with E-state index in [-0.39, 0.29) is 5.91 Å². The van der Waals surface area contributed by atoms with E-state index < -0.39 is 0 Å². The van der Waals surface area contributed by atoms with Crippen LogP contribution in [0.25, 0.3) is 11.3 Å². The minimum Gasteiger partial charge on any atom is -0.461 e. The molecule has 0 spiro atoms. The van der Waals surface area contributed by atoms with Gasteiger partial charge in [0.2, 0.25) is 5.91 Å². The first-order valence-corrected chi connectivity index (χ1v) is 10.9. The van der Waals surface area contributed by atoms with Crippen LogP contribution in [0.1, 0.15) is 30.6 Å². The average molecular weight is 403 g/mol. The molecule has 2 aromatic carbocycles. The number of furan rings is 1. The number of carbonyl (C=O) groups excluding carboxylic acids is 1. The van der Waals surface area contributed by atoms with Gasteiger partial charge in [0.05, 0.1) is 0 Å². The summed E-state index contributed by atoms with van der Waals surface area (Å²) in [7, 11) is 0. The van der Waals surface area contributed by atoms with Crippen molar-refractivity contribution in [2.75, 3.05) is 19.6 Å². The van der Waals surface area contributed by atoms with Gasteiger partial charge in [-0.05, 0) is 43.0 Å². The lowest BCUT2D eigenvalue weighted by Gasteiger charge is -2.32. The van der Waals surface area contributed by atoms with E-state index in [2.05, 4.69) is 40.5 Å². The predicted octanol–water partition coefficient (Wildman–Crippen LogP) is 4.91. The van der Waals surface area contributed by atoms with Crippen LogP contribution in [0.2, 0.25) is 0 Å². The topological polar surface area (TPSA) is 45.5 Å². The van der Waals surface area contributed by atoms with Crippen molar-refractivity contribution < 1.29 is 9.21 Å². The molecule has 0 saturated carbocycles. The van der Waals surface area contributed by atoms with Crippen LogP contribution in [0.3, 0.4) is 0 Å². The smallest absolute Gasteiger partial charge is 0.220 e. The van der Waals surface area contributed by atoms with Crippen LogP contribution in [0.15, 0.2) is 77.2 Å². The Morgan fingerprint density at radius 1 is 1.00 bits per heavy atom. The fraction of sp³-hybridized carbons (Fsp3) is 0.346. The van der Waals surface area contributed by atoms with Gasteiger partial charge in [-0.2, -0.15) is 0 Å². The molecule has 4 rings (SSSR count). The number of rotatable bonds is 8. The summed E-state index contributed by atoms with van der Waals surface area (Å²) in [4.78, 5) is 14.8. The highest BCUT2D eigenvalue weighted by atomic mass is 16.3. The van der Waals surface area contributed by atoms with Crippen LogP contribution < -0.4 is 5.32 Å². The Labute approximate surface area is 178 Å². The van der Waals surface area contributed by atoms with Crippen molar-refractivity contribution in [3.8, 4) is 11.3 Å². The molecule has 1 aliphatic rings. The van der Waals surface area contributed by atoms with Gasteiger partial charge < -0.3 is 9.73 Å². The van der Waals surface area contributed by atoms with Crippen LogP contribution in [0, 0.1) is 5.92 Å². The molecular formula is C26H30N2O2. The third kappa shape index (κ3) is 5.83. The first kappa shape index (κ1) is 20.4. The normalized spacial score (nSPS) is 17.0. The van der Waals surface area contributed by atoms with Crippen molar-refractivity contribution in [1.82, 2.24) is 10.2 Å². The van der Waals surface area contributed by atoms with E-state index in [1.165, 1.54) is 18.4 Å². The van der Waals surface area contributed by atoms with Gasteiger partial charge in [-0.1, -0.05) is 60.7 Å². The number of aryl methyl sites for hydroxylation is 1. The lowest BCUT2D eigenvalue weighted by atomic mass is 9.97. The van der Waals surface area contributed by atoms with Crippen molar-refractivity contribution in [3.05, 3.63) is 84.1 Å². The molecule has 4 heteroatoms. The summed E-state index contributed by atoms with van der Waals surface area (Å²) in [5.41, 5.74) is 2.42. The number of benzene rings is 2. The first-order chi connectivity index (χ1) is 14.8. The third-order valence-electron chi connectivity index (χ3n) is 5.76. The second kappa shape index (κ2) is 10.3. The van der Waals surface area contributed by atoms with Crippen LogP contribution in [0.4, 0.5) is 0 Å². The lowest BCUT2D eigenvalue weighted by Crippen LogP contribution is -2.40. The van der Waals surface area contributed by atoms with Crippen LogP contribution in [0.5, 0.6) is 0 Å². The van der Waals surface area contributed by atoms with Crippen LogP contribution in [-0.4, -0.2) is 30.4 Å². The number of hydrogen-bond donors (Lipinski definition) is 1. The molecule has 156 valence electrons. The van der Waals surface area contributed by atoms with Gasteiger partial charge >= 0.3 is 0 Å². The predicted molar refractivity (Wildman–Crippen MR) is 120 cm³/mol. The lowest BCUT2D eigenvalue weighted by molar-refractivity contribution is -0.121. The highest BCUT2D eigenvalue weighted by Crippen LogP contribution is 2.22. The summed E-state index contributed by atoms with van der Waals surface area (Å²) in [6.07, 6.45) is 3.47. The monoisotopic (exact) mass is 402 g/mol. The molecular weight excluding hydrogens is 372 g/mol. The summed E-state index contributed by atoms with van der Waals surface area (Å²) in [6, 6.07) is 24.6. The molecule has 2 heterocycles. The maximum atomic E-state index is 12.3. The zero-order valence-corrected chi connectivity index (χ0v) is 17.4. The van der Waals surface area contributed by atoms with Gasteiger partial charge in [0.15, 0.2) is 0 Å². The van der Waals surface area contributed by atoms with Crippen molar-refractivity contribution in [2.24, 2.45) is 5.92 Å². The maximum absolute atomic E-state index is 12.3. The van der Waals surface area contributed by atoms with Gasteiger partial charge in [-0.15, -0.1) is 0 Å². The zero-order chi connectivity index (χ0) is 20.6. The molecule has 1 aliphatic heterocycles. The van der Waals surface area contributed by atoms with Crippen LogP contribution in [-0.2, 0) is 17.8 Å². The van der Waals surface area contributed by atoms with E-state index >= 15 is 0 Å². The average Bonchev–Trinajstić information content (AvgIpc) is 3.27. The summed E-state index contributed by atoms with van der Waals surface area (Å²) < 4.78 is 5.90. The number of carbonyl (C=O) groups is 1. The van der Waals surface area contributed by atoms with Gasteiger partial charge in [0.25, 0.3) is 0 Å². The Morgan fingerprint density at radius 2 is 1.77 bits per heavy atom. The molecule has 30 heavy (non-hydrogen) atoms. The standard InChI is InChI=1S/C26H30N2O2/c29-26(16-14-24-13-15-25(30-24)23-11-5-2-6-12-23)27-18-22-10-7-17-28(20-22)19-21-8-3-1-4-9-21/h1-6,8-9,11-13,15,22H,7,10,14,16-20H2,(H,27,29)/t22-/m1/s1. The van der Waals surface area contributed by atoms with E-state index in [0.29, 0.717) is 18.8 Å². The fourth-order valence-electron chi connectivity index (χ4n) is 4.16. The minimum absolute atomic E-state index is 0.104. The maximum Gasteiger partial charge on any atom is 0.220 e.